The summed E-state index contributed by atoms with van der Waals surface area (Å²) >= 11 is 0. The lowest BCUT2D eigenvalue weighted by atomic mass is 9.95. The highest BCUT2D eigenvalue weighted by Crippen LogP contribution is 2.45. The largest absolute Gasteiger partial charge is 0.497 e. The van der Waals surface area contributed by atoms with E-state index >= 15 is 0 Å². The minimum atomic E-state index is 0. The molecule has 1 N–H and O–H groups in total. The number of nitrogens with zero attached hydrogens (tertiary/aromatic N) is 1. The van der Waals surface area contributed by atoms with Crippen molar-refractivity contribution in [1.29, 1.82) is 0 Å². The maximum atomic E-state index is 5.33. The fraction of sp³-hybridized carbons (Fsp3) is 0.625. The summed E-state index contributed by atoms with van der Waals surface area (Å²) in [6.07, 6.45) is 2.78. The first kappa shape index (κ1) is 18.6. The van der Waals surface area contributed by atoms with E-state index < -0.39 is 0 Å². The zero-order valence-corrected chi connectivity index (χ0v) is 14.4. The Morgan fingerprint density at radius 3 is 2.38 bits per heavy atom. The summed E-state index contributed by atoms with van der Waals surface area (Å²) < 4.78 is 5.33. The Bertz CT molecular complexity index is 446. The SMILES string of the molecule is COc1ccc([C@H](C2CC2)N2CCNCC2)c(C)c1.Cl.Cl. The van der Waals surface area contributed by atoms with Crippen LogP contribution in [0.25, 0.3) is 0 Å². The lowest BCUT2D eigenvalue weighted by Gasteiger charge is -2.36. The second-order valence-corrected chi connectivity index (χ2v) is 5.79. The summed E-state index contributed by atoms with van der Waals surface area (Å²) in [5.41, 5.74) is 2.87. The molecule has 0 bridgehead atoms. The minimum absolute atomic E-state index is 0. The number of methoxy groups -OCH3 is 1. The van der Waals surface area contributed by atoms with Gasteiger partial charge >= 0.3 is 0 Å². The number of rotatable bonds is 4. The lowest BCUT2D eigenvalue weighted by Crippen LogP contribution is -2.45. The molecule has 1 aliphatic heterocycles. The van der Waals surface area contributed by atoms with Crippen molar-refractivity contribution in [3.8, 4) is 5.75 Å². The number of piperazine rings is 1. The molecule has 2 aliphatic rings. The van der Waals surface area contributed by atoms with Crippen LogP contribution in [-0.4, -0.2) is 38.2 Å². The van der Waals surface area contributed by atoms with Crippen molar-refractivity contribution in [3.63, 3.8) is 0 Å². The number of hydrogen-bond donors (Lipinski definition) is 1. The van der Waals surface area contributed by atoms with Gasteiger partial charge in [0.2, 0.25) is 0 Å². The summed E-state index contributed by atoms with van der Waals surface area (Å²) in [7, 11) is 1.74. The highest BCUT2D eigenvalue weighted by molar-refractivity contribution is 5.85. The van der Waals surface area contributed by atoms with Gasteiger partial charge in [-0.1, -0.05) is 6.07 Å². The third kappa shape index (κ3) is 4.26. The Morgan fingerprint density at radius 2 is 1.86 bits per heavy atom. The molecule has 1 heterocycles. The molecule has 1 atom stereocenters. The minimum Gasteiger partial charge on any atom is -0.497 e. The monoisotopic (exact) mass is 332 g/mol. The van der Waals surface area contributed by atoms with Crippen LogP contribution in [0.15, 0.2) is 18.2 Å². The molecule has 21 heavy (non-hydrogen) atoms. The van der Waals surface area contributed by atoms with Crippen molar-refractivity contribution in [2.75, 3.05) is 33.3 Å². The Morgan fingerprint density at radius 1 is 1.19 bits per heavy atom. The normalized spacial score (nSPS) is 20.1. The van der Waals surface area contributed by atoms with E-state index in [1.165, 1.54) is 37.1 Å². The molecular weight excluding hydrogens is 307 g/mol. The molecule has 3 nitrogen and oxygen atoms in total. The van der Waals surface area contributed by atoms with E-state index in [0.717, 1.165) is 24.8 Å². The fourth-order valence-corrected chi connectivity index (χ4v) is 3.23. The Labute approximate surface area is 140 Å². The van der Waals surface area contributed by atoms with Crippen LogP contribution in [0.3, 0.4) is 0 Å². The van der Waals surface area contributed by atoms with Crippen LogP contribution in [0.5, 0.6) is 5.75 Å². The number of hydrogen-bond acceptors (Lipinski definition) is 3. The average Bonchev–Trinajstić information content (AvgIpc) is 3.27. The molecule has 2 fully saturated rings. The van der Waals surface area contributed by atoms with Crippen molar-refractivity contribution in [3.05, 3.63) is 29.3 Å². The van der Waals surface area contributed by atoms with Gasteiger partial charge in [0, 0.05) is 32.2 Å². The number of nitrogens with one attached hydrogen (secondary N) is 1. The first-order valence-electron chi connectivity index (χ1n) is 7.39. The van der Waals surface area contributed by atoms with Crippen LogP contribution in [0.2, 0.25) is 0 Å². The predicted octanol–water partition coefficient (Wildman–Crippen LogP) is 3.20. The molecule has 5 heteroatoms. The quantitative estimate of drug-likeness (QED) is 0.916. The van der Waals surface area contributed by atoms with Crippen LogP contribution in [0.1, 0.15) is 30.0 Å². The Balaban J connectivity index is 0.00000110. The van der Waals surface area contributed by atoms with Crippen LogP contribution in [0, 0.1) is 12.8 Å². The molecule has 0 unspecified atom stereocenters. The van der Waals surface area contributed by atoms with E-state index in [4.69, 9.17) is 4.74 Å². The van der Waals surface area contributed by atoms with Crippen LogP contribution >= 0.6 is 24.8 Å². The maximum Gasteiger partial charge on any atom is 0.119 e. The second-order valence-electron chi connectivity index (χ2n) is 5.79. The van der Waals surface area contributed by atoms with E-state index in [2.05, 4.69) is 35.3 Å². The highest BCUT2D eigenvalue weighted by atomic mass is 35.5. The molecule has 0 spiro atoms. The van der Waals surface area contributed by atoms with Gasteiger partial charge in [-0.2, -0.15) is 0 Å². The van der Waals surface area contributed by atoms with Crippen molar-refractivity contribution in [2.24, 2.45) is 5.92 Å². The molecule has 0 amide bonds. The summed E-state index contributed by atoms with van der Waals surface area (Å²) in [6, 6.07) is 7.18. The molecule has 120 valence electrons. The molecule has 1 saturated carbocycles. The fourth-order valence-electron chi connectivity index (χ4n) is 3.23. The van der Waals surface area contributed by atoms with Crippen molar-refractivity contribution < 1.29 is 4.74 Å². The van der Waals surface area contributed by atoms with E-state index in [-0.39, 0.29) is 24.8 Å². The molecule has 1 aromatic carbocycles. The Kier molecular flexibility index (Phi) is 7.28. The predicted molar refractivity (Wildman–Crippen MR) is 92.1 cm³/mol. The first-order valence-corrected chi connectivity index (χ1v) is 7.39. The van der Waals surface area contributed by atoms with Gasteiger partial charge in [-0.3, -0.25) is 4.90 Å². The average molecular weight is 333 g/mol. The standard InChI is InChI=1S/C16H24N2O.2ClH/c1-12-11-14(19-2)5-6-15(12)16(13-3-4-13)18-9-7-17-8-10-18;;/h5-6,11,13,16-17H,3-4,7-10H2,1-2H3;2*1H/t16-;;/m0../s1. The van der Waals surface area contributed by atoms with Crippen molar-refractivity contribution in [1.82, 2.24) is 10.2 Å². The van der Waals surface area contributed by atoms with Crippen molar-refractivity contribution in [2.45, 2.75) is 25.8 Å². The topological polar surface area (TPSA) is 24.5 Å². The molecule has 0 aromatic heterocycles. The number of aryl methyl sites for hydroxylation is 1. The molecule has 0 radical (unpaired) electrons. The van der Waals surface area contributed by atoms with Gasteiger partial charge in [0.15, 0.2) is 0 Å². The molecule has 1 aliphatic carbocycles. The first-order chi connectivity index (χ1) is 9.29. The summed E-state index contributed by atoms with van der Waals surface area (Å²) in [5.74, 6) is 1.83. The third-order valence-corrected chi connectivity index (χ3v) is 4.41. The van der Waals surface area contributed by atoms with Gasteiger partial charge in [-0.25, -0.2) is 0 Å². The van der Waals surface area contributed by atoms with Crippen molar-refractivity contribution >= 4 is 24.8 Å². The van der Waals surface area contributed by atoms with Gasteiger partial charge in [-0.05, 0) is 48.9 Å². The van der Waals surface area contributed by atoms with E-state index in [1.54, 1.807) is 7.11 Å². The summed E-state index contributed by atoms with van der Waals surface area (Å²) in [5, 5.41) is 3.45. The molecule has 1 saturated heterocycles. The number of halogens is 2. The highest BCUT2D eigenvalue weighted by Gasteiger charge is 2.37. The zero-order valence-electron chi connectivity index (χ0n) is 12.8. The lowest BCUT2D eigenvalue weighted by molar-refractivity contribution is 0.155. The number of ether oxygens (including phenoxy) is 1. The molecule has 1 aromatic rings. The van der Waals surface area contributed by atoms with E-state index in [1.807, 2.05) is 0 Å². The smallest absolute Gasteiger partial charge is 0.119 e. The van der Waals surface area contributed by atoms with Gasteiger partial charge in [0.25, 0.3) is 0 Å². The van der Waals surface area contributed by atoms with Crippen LogP contribution < -0.4 is 10.1 Å². The number of benzene rings is 1. The summed E-state index contributed by atoms with van der Waals surface area (Å²) in [6.45, 7) is 6.81. The summed E-state index contributed by atoms with van der Waals surface area (Å²) in [4.78, 5) is 2.67. The van der Waals surface area contributed by atoms with E-state index in [0.29, 0.717) is 6.04 Å². The van der Waals surface area contributed by atoms with Gasteiger partial charge in [0.1, 0.15) is 5.75 Å². The maximum absolute atomic E-state index is 5.33. The van der Waals surface area contributed by atoms with Crippen LogP contribution in [0.4, 0.5) is 0 Å². The molecular formula is C16H26Cl2N2O. The van der Waals surface area contributed by atoms with Crippen LogP contribution in [-0.2, 0) is 0 Å². The van der Waals surface area contributed by atoms with Gasteiger partial charge in [-0.15, -0.1) is 24.8 Å². The Hall–Kier alpha value is -0.480. The van der Waals surface area contributed by atoms with Gasteiger partial charge in [0.05, 0.1) is 7.11 Å². The van der Waals surface area contributed by atoms with E-state index in [9.17, 15) is 0 Å². The van der Waals surface area contributed by atoms with Gasteiger partial charge < -0.3 is 10.1 Å². The molecule has 3 rings (SSSR count). The third-order valence-electron chi connectivity index (χ3n) is 4.41. The zero-order chi connectivity index (χ0) is 13.2. The second kappa shape index (κ2) is 8.23.